The quantitative estimate of drug-likeness (QED) is 0.297. The molecule has 0 bridgehead atoms. The van der Waals surface area contributed by atoms with Crippen LogP contribution in [0.25, 0.3) is 0 Å². The van der Waals surface area contributed by atoms with E-state index in [1.165, 1.54) is 18.2 Å². The van der Waals surface area contributed by atoms with Crippen LogP contribution < -0.4 is 14.6 Å². The Hall–Kier alpha value is -1.64. The number of benzene rings is 1. The topological polar surface area (TPSA) is 95.6 Å². The Morgan fingerprint density at radius 1 is 1.11 bits per heavy atom. The third kappa shape index (κ3) is 7.48. The second-order valence-electron chi connectivity index (χ2n) is 10.9. The van der Waals surface area contributed by atoms with Crippen molar-refractivity contribution in [1.29, 1.82) is 0 Å². The third-order valence-corrected chi connectivity index (χ3v) is 9.03. The number of esters is 1. The highest BCUT2D eigenvalue weighted by molar-refractivity contribution is 7.56. The summed E-state index contributed by atoms with van der Waals surface area (Å²) in [7, 11) is 1.27. The summed E-state index contributed by atoms with van der Waals surface area (Å²) in [4.78, 5) is 15.0. The summed E-state index contributed by atoms with van der Waals surface area (Å²) in [6.45, 7) is 11.4. The van der Waals surface area contributed by atoms with Gasteiger partial charge in [-0.05, 0) is 75.1 Å². The summed E-state index contributed by atoms with van der Waals surface area (Å²) >= 11 is 0. The van der Waals surface area contributed by atoms with E-state index in [-0.39, 0.29) is 30.5 Å². The van der Waals surface area contributed by atoms with E-state index in [2.05, 4.69) is 36.0 Å². The molecule has 0 spiro atoms. The van der Waals surface area contributed by atoms with Gasteiger partial charge in [-0.25, -0.2) is 5.09 Å². The van der Waals surface area contributed by atoms with Crippen molar-refractivity contribution in [2.45, 2.75) is 78.2 Å². The van der Waals surface area contributed by atoms with E-state index in [4.69, 9.17) is 23.5 Å². The Bertz CT molecular complexity index is 970. The molecule has 2 aliphatic rings. The van der Waals surface area contributed by atoms with E-state index < -0.39 is 19.5 Å². The molecule has 3 rings (SSSR count). The van der Waals surface area contributed by atoms with Crippen molar-refractivity contribution < 1.29 is 32.8 Å². The van der Waals surface area contributed by atoms with Gasteiger partial charge in [-0.15, -0.1) is 0 Å². The van der Waals surface area contributed by atoms with Crippen LogP contribution >= 0.6 is 7.52 Å². The van der Waals surface area contributed by atoms with E-state index in [0.29, 0.717) is 18.1 Å². The van der Waals surface area contributed by atoms with Gasteiger partial charge in [-0.2, -0.15) is 0 Å². The number of rotatable bonds is 12. The molecule has 210 valence electrons. The van der Waals surface area contributed by atoms with Crippen molar-refractivity contribution >= 4 is 13.5 Å². The van der Waals surface area contributed by atoms with Gasteiger partial charge in [0.25, 0.3) is 7.52 Å². The highest BCUT2D eigenvalue weighted by Gasteiger charge is 2.43. The number of methoxy groups -OCH3 is 3. The molecule has 0 saturated carbocycles. The van der Waals surface area contributed by atoms with E-state index >= 15 is 0 Å². The first kappa shape index (κ1) is 29.9. The number of hydrogen-bond donors (Lipinski definition) is 1. The molecule has 1 saturated heterocycles. The number of ether oxygens (including phenoxy) is 4. The SMILES string of the molecule is COCP(=O)(NC(C)C(=O)OC(C)C)O[C@@H]1C[C@@H]2c3cc(OC)c(OC)cc3CCN2C[C@H]1CC(C)C. The third-order valence-electron chi connectivity index (χ3n) is 7.04. The van der Waals surface area contributed by atoms with Crippen LogP contribution in [0.4, 0.5) is 0 Å². The van der Waals surface area contributed by atoms with Crippen molar-refractivity contribution in [1.82, 2.24) is 9.99 Å². The Morgan fingerprint density at radius 2 is 1.78 bits per heavy atom. The highest BCUT2D eigenvalue weighted by atomic mass is 31.2. The zero-order valence-corrected chi connectivity index (χ0v) is 24.5. The molecule has 10 heteroatoms. The summed E-state index contributed by atoms with van der Waals surface area (Å²) in [6.07, 6.45) is 1.90. The van der Waals surface area contributed by atoms with Gasteiger partial charge in [0, 0.05) is 26.2 Å². The number of nitrogens with one attached hydrogen (secondary N) is 1. The first-order chi connectivity index (χ1) is 17.5. The van der Waals surface area contributed by atoms with E-state index in [1.807, 2.05) is 0 Å². The van der Waals surface area contributed by atoms with E-state index in [0.717, 1.165) is 31.7 Å². The molecule has 9 nitrogen and oxygen atoms in total. The van der Waals surface area contributed by atoms with Gasteiger partial charge in [0.15, 0.2) is 11.5 Å². The summed E-state index contributed by atoms with van der Waals surface area (Å²) in [5.41, 5.74) is 2.44. The lowest BCUT2D eigenvalue weighted by molar-refractivity contribution is -0.149. The zero-order chi connectivity index (χ0) is 27.3. The molecule has 0 aromatic heterocycles. The number of fused-ring (bicyclic) bond motifs is 3. The van der Waals surface area contributed by atoms with Gasteiger partial charge >= 0.3 is 5.97 Å². The first-order valence-electron chi connectivity index (χ1n) is 13.2. The lowest BCUT2D eigenvalue weighted by Gasteiger charge is -2.48. The van der Waals surface area contributed by atoms with E-state index in [1.54, 1.807) is 35.0 Å². The van der Waals surface area contributed by atoms with Crippen molar-refractivity contribution in [3.8, 4) is 11.5 Å². The molecule has 0 aliphatic carbocycles. The Morgan fingerprint density at radius 3 is 2.38 bits per heavy atom. The minimum Gasteiger partial charge on any atom is -0.493 e. The van der Waals surface area contributed by atoms with Gasteiger partial charge in [-0.3, -0.25) is 14.3 Å². The Balaban J connectivity index is 1.89. The fourth-order valence-electron chi connectivity index (χ4n) is 5.54. The molecule has 2 heterocycles. The monoisotopic (exact) mass is 540 g/mol. The van der Waals surface area contributed by atoms with Crippen LogP contribution in [0, 0.1) is 11.8 Å². The molecule has 37 heavy (non-hydrogen) atoms. The van der Waals surface area contributed by atoms with Crippen LogP contribution in [0.15, 0.2) is 12.1 Å². The van der Waals surface area contributed by atoms with Gasteiger partial charge in [-0.1, -0.05) is 13.8 Å². The maximum absolute atomic E-state index is 14.0. The standard InChI is InChI=1S/C27H45N2O7P/c1-17(2)11-21-15-29-10-9-20-12-25(33-7)26(34-8)13-22(20)23(29)14-24(21)36-37(31,16-32-6)28-19(5)27(30)35-18(3)4/h12-13,17-19,21,23-24H,9-11,14-16H2,1-8H3,(H,28,31)/t19?,21-,23-,24-,37?/m1/s1. The molecule has 2 unspecified atom stereocenters. The molecule has 1 N–H and O–H groups in total. The minimum absolute atomic E-state index is 0.108. The van der Waals surface area contributed by atoms with Gasteiger partial charge in [0.2, 0.25) is 0 Å². The lowest BCUT2D eigenvalue weighted by atomic mass is 9.79. The second kappa shape index (κ2) is 12.9. The van der Waals surface area contributed by atoms with Gasteiger partial charge < -0.3 is 23.5 Å². The molecule has 1 fully saturated rings. The molecule has 0 amide bonds. The number of carbonyl (C=O) groups excluding carboxylic acids is 1. The minimum atomic E-state index is -3.52. The van der Waals surface area contributed by atoms with Crippen LogP contribution in [-0.4, -0.2) is 69.9 Å². The van der Waals surface area contributed by atoms with Crippen molar-refractivity contribution in [2.24, 2.45) is 11.8 Å². The average molecular weight is 541 g/mol. The zero-order valence-electron chi connectivity index (χ0n) is 23.6. The number of carbonyl (C=O) groups is 1. The van der Waals surface area contributed by atoms with Gasteiger partial charge in [0.05, 0.1) is 26.4 Å². The maximum atomic E-state index is 14.0. The van der Waals surface area contributed by atoms with Crippen LogP contribution in [0.1, 0.15) is 64.6 Å². The van der Waals surface area contributed by atoms with E-state index in [9.17, 15) is 9.36 Å². The number of nitrogens with zero attached hydrogens (tertiary/aromatic N) is 1. The molecule has 0 radical (unpaired) electrons. The van der Waals surface area contributed by atoms with Crippen molar-refractivity contribution in [3.05, 3.63) is 23.3 Å². The lowest BCUT2D eigenvalue weighted by Crippen LogP contribution is -2.49. The largest absolute Gasteiger partial charge is 0.493 e. The number of piperidine rings is 1. The summed E-state index contributed by atoms with van der Waals surface area (Å²) in [5, 5.41) is 2.93. The molecular weight excluding hydrogens is 495 g/mol. The van der Waals surface area contributed by atoms with Crippen molar-refractivity contribution in [2.75, 3.05) is 40.8 Å². The van der Waals surface area contributed by atoms with Gasteiger partial charge in [0.1, 0.15) is 12.4 Å². The highest BCUT2D eigenvalue weighted by Crippen LogP contribution is 2.51. The van der Waals surface area contributed by atoms with Crippen LogP contribution in [0.3, 0.4) is 0 Å². The first-order valence-corrected chi connectivity index (χ1v) is 15.0. The average Bonchev–Trinajstić information content (AvgIpc) is 2.82. The molecule has 5 atom stereocenters. The summed E-state index contributed by atoms with van der Waals surface area (Å²) < 4.78 is 42.2. The normalized spacial score (nSPS) is 24.2. The summed E-state index contributed by atoms with van der Waals surface area (Å²) in [6, 6.07) is 3.46. The predicted molar refractivity (Wildman–Crippen MR) is 143 cm³/mol. The van der Waals surface area contributed by atoms with Crippen LogP contribution in [0.5, 0.6) is 11.5 Å². The molecule has 1 aromatic rings. The van der Waals surface area contributed by atoms with Crippen molar-refractivity contribution in [3.63, 3.8) is 0 Å². The fraction of sp³-hybridized carbons (Fsp3) is 0.741. The van der Waals surface area contributed by atoms with Crippen LogP contribution in [-0.2, 0) is 29.8 Å². The molecule has 1 aromatic carbocycles. The Kier molecular flexibility index (Phi) is 10.5. The van der Waals surface area contributed by atoms with Crippen LogP contribution in [0.2, 0.25) is 0 Å². The number of hydrogen-bond acceptors (Lipinski definition) is 8. The smallest absolute Gasteiger partial charge is 0.323 e. The second-order valence-corrected chi connectivity index (χ2v) is 12.9. The predicted octanol–water partition coefficient (Wildman–Crippen LogP) is 4.78. The summed E-state index contributed by atoms with van der Waals surface area (Å²) in [5.74, 6) is 1.62. The molecule has 2 aliphatic heterocycles. The fourth-order valence-corrected chi connectivity index (χ4v) is 7.46. The maximum Gasteiger partial charge on any atom is 0.323 e. The Labute approximate surface area is 222 Å². The molecular formula is C27H45N2O7P.